The number of carbonyl (C=O) groups is 1. The van der Waals surface area contributed by atoms with E-state index in [1.54, 1.807) is 7.11 Å². The molecule has 1 aromatic rings. The molecule has 1 atom stereocenters. The predicted octanol–water partition coefficient (Wildman–Crippen LogP) is 4.34. The highest BCUT2D eigenvalue weighted by Crippen LogP contribution is 2.55. The van der Waals surface area contributed by atoms with Crippen LogP contribution in [0.3, 0.4) is 0 Å². The standard InChI is InChI=1S/C19H22O2/c1-4-5-9-19-10-8-17(20)13(2)18(19)16-7-6-15(21-3)11-14(16)12-19/h5-7,9,11H,4,8,10,12H2,1-3H3/b9-5+. The van der Waals surface area contributed by atoms with Crippen LogP contribution >= 0.6 is 0 Å². The number of fused-ring (bicyclic) bond motifs is 3. The maximum Gasteiger partial charge on any atom is 0.158 e. The lowest BCUT2D eigenvalue weighted by molar-refractivity contribution is -0.116. The number of methoxy groups -OCH3 is 1. The largest absolute Gasteiger partial charge is 0.497 e. The maximum atomic E-state index is 12.2. The van der Waals surface area contributed by atoms with Crippen molar-refractivity contribution in [3.63, 3.8) is 0 Å². The van der Waals surface area contributed by atoms with Gasteiger partial charge in [0.05, 0.1) is 7.11 Å². The molecule has 2 aliphatic carbocycles. The average Bonchev–Trinajstić information content (AvgIpc) is 2.83. The van der Waals surface area contributed by atoms with E-state index in [0.717, 1.165) is 30.6 Å². The minimum Gasteiger partial charge on any atom is -0.497 e. The monoisotopic (exact) mass is 282 g/mol. The van der Waals surface area contributed by atoms with Gasteiger partial charge < -0.3 is 4.74 Å². The van der Waals surface area contributed by atoms with Gasteiger partial charge in [-0.15, -0.1) is 0 Å². The fraction of sp³-hybridized carbons (Fsp3) is 0.421. The number of Topliss-reactive ketones (excluding diaryl/α,β-unsaturated/α-hetero) is 1. The van der Waals surface area contributed by atoms with E-state index in [0.29, 0.717) is 12.2 Å². The molecule has 0 saturated heterocycles. The van der Waals surface area contributed by atoms with E-state index in [1.807, 2.05) is 13.0 Å². The molecule has 2 heteroatoms. The first kappa shape index (κ1) is 14.1. The topological polar surface area (TPSA) is 26.3 Å². The summed E-state index contributed by atoms with van der Waals surface area (Å²) in [5.74, 6) is 1.20. The molecule has 2 aliphatic rings. The molecule has 0 fully saturated rings. The third-order valence-corrected chi connectivity index (χ3v) is 4.85. The highest BCUT2D eigenvalue weighted by Gasteiger charge is 2.44. The van der Waals surface area contributed by atoms with Gasteiger partial charge in [0.15, 0.2) is 5.78 Å². The summed E-state index contributed by atoms with van der Waals surface area (Å²) in [5, 5.41) is 0. The molecule has 0 heterocycles. The Morgan fingerprint density at radius 1 is 1.38 bits per heavy atom. The minimum atomic E-state index is 0.0166. The number of carbonyl (C=O) groups excluding carboxylic acids is 1. The maximum absolute atomic E-state index is 12.2. The molecule has 0 aliphatic heterocycles. The van der Waals surface area contributed by atoms with Crippen molar-refractivity contribution in [2.45, 2.75) is 39.5 Å². The summed E-state index contributed by atoms with van der Waals surface area (Å²) in [6.07, 6.45) is 8.18. The van der Waals surface area contributed by atoms with Crippen molar-refractivity contribution in [1.29, 1.82) is 0 Å². The summed E-state index contributed by atoms with van der Waals surface area (Å²) in [5.41, 5.74) is 4.76. The van der Waals surface area contributed by atoms with Crippen molar-refractivity contribution in [2.75, 3.05) is 7.11 Å². The van der Waals surface area contributed by atoms with Crippen LogP contribution in [0.4, 0.5) is 0 Å². The molecule has 1 unspecified atom stereocenters. The van der Waals surface area contributed by atoms with Gasteiger partial charge in [0.25, 0.3) is 0 Å². The van der Waals surface area contributed by atoms with Crippen LogP contribution in [0.5, 0.6) is 5.75 Å². The van der Waals surface area contributed by atoms with Gasteiger partial charge in [-0.25, -0.2) is 0 Å². The van der Waals surface area contributed by atoms with E-state index in [2.05, 4.69) is 31.2 Å². The Morgan fingerprint density at radius 3 is 2.90 bits per heavy atom. The molecule has 0 saturated carbocycles. The van der Waals surface area contributed by atoms with Crippen molar-refractivity contribution < 1.29 is 9.53 Å². The Labute approximate surface area is 126 Å². The minimum absolute atomic E-state index is 0.0166. The average molecular weight is 282 g/mol. The number of ketones is 1. The Hall–Kier alpha value is -1.83. The third-order valence-electron chi connectivity index (χ3n) is 4.85. The second-order valence-corrected chi connectivity index (χ2v) is 6.09. The van der Waals surface area contributed by atoms with E-state index >= 15 is 0 Å². The molecule has 3 rings (SSSR count). The molecule has 0 radical (unpaired) electrons. The van der Waals surface area contributed by atoms with Crippen LogP contribution in [0.1, 0.15) is 44.2 Å². The van der Waals surface area contributed by atoms with Crippen LogP contribution in [0.25, 0.3) is 5.57 Å². The van der Waals surface area contributed by atoms with Gasteiger partial charge in [0, 0.05) is 11.8 Å². The summed E-state index contributed by atoms with van der Waals surface area (Å²) in [7, 11) is 1.70. The SMILES string of the molecule is CC/C=C/C12CCC(=O)C(C)=C1c1ccc(OC)cc1C2. The summed E-state index contributed by atoms with van der Waals surface area (Å²) >= 11 is 0. The number of hydrogen-bond acceptors (Lipinski definition) is 2. The first-order valence-electron chi connectivity index (χ1n) is 7.71. The first-order valence-corrected chi connectivity index (χ1v) is 7.71. The van der Waals surface area contributed by atoms with Crippen molar-refractivity contribution in [1.82, 2.24) is 0 Å². The molecule has 0 bridgehead atoms. The van der Waals surface area contributed by atoms with Crippen molar-refractivity contribution in [3.05, 3.63) is 47.1 Å². The van der Waals surface area contributed by atoms with Gasteiger partial charge >= 0.3 is 0 Å². The Bertz CT molecular complexity index is 652. The van der Waals surface area contributed by atoms with Crippen molar-refractivity contribution >= 4 is 11.4 Å². The lowest BCUT2D eigenvalue weighted by Gasteiger charge is -2.33. The summed E-state index contributed by atoms with van der Waals surface area (Å²) < 4.78 is 5.35. The number of ether oxygens (including phenoxy) is 1. The summed E-state index contributed by atoms with van der Waals surface area (Å²) in [6, 6.07) is 6.24. The van der Waals surface area contributed by atoms with Gasteiger partial charge in [-0.1, -0.05) is 25.1 Å². The second-order valence-electron chi connectivity index (χ2n) is 6.09. The Morgan fingerprint density at radius 2 is 2.19 bits per heavy atom. The molecule has 110 valence electrons. The van der Waals surface area contributed by atoms with Gasteiger partial charge in [-0.05, 0) is 60.6 Å². The molecule has 0 aromatic heterocycles. The highest BCUT2D eigenvalue weighted by atomic mass is 16.5. The molecule has 0 N–H and O–H groups in total. The van der Waals surface area contributed by atoms with E-state index in [9.17, 15) is 4.79 Å². The molecular formula is C19H22O2. The van der Waals surface area contributed by atoms with Gasteiger partial charge in [0.1, 0.15) is 5.75 Å². The molecular weight excluding hydrogens is 260 g/mol. The van der Waals surface area contributed by atoms with Crippen LogP contribution in [-0.4, -0.2) is 12.9 Å². The van der Waals surface area contributed by atoms with Gasteiger partial charge in [0.2, 0.25) is 0 Å². The molecule has 2 nitrogen and oxygen atoms in total. The van der Waals surface area contributed by atoms with Crippen molar-refractivity contribution in [2.24, 2.45) is 5.41 Å². The molecule has 1 aromatic carbocycles. The number of rotatable bonds is 3. The zero-order valence-electron chi connectivity index (χ0n) is 13.0. The predicted molar refractivity (Wildman–Crippen MR) is 85.4 cm³/mol. The van der Waals surface area contributed by atoms with E-state index in [-0.39, 0.29) is 5.41 Å². The fourth-order valence-electron chi connectivity index (χ4n) is 3.80. The molecule has 0 spiro atoms. The highest BCUT2D eigenvalue weighted by molar-refractivity contribution is 6.06. The lowest BCUT2D eigenvalue weighted by atomic mass is 9.70. The fourth-order valence-corrected chi connectivity index (χ4v) is 3.80. The van der Waals surface area contributed by atoms with Crippen LogP contribution in [0.2, 0.25) is 0 Å². The van der Waals surface area contributed by atoms with Crippen LogP contribution < -0.4 is 4.74 Å². The van der Waals surface area contributed by atoms with Gasteiger partial charge in [-0.2, -0.15) is 0 Å². The molecule has 0 amide bonds. The number of allylic oxidation sites excluding steroid dienone is 4. The smallest absolute Gasteiger partial charge is 0.158 e. The summed E-state index contributed by atoms with van der Waals surface area (Å²) in [6.45, 7) is 4.15. The van der Waals surface area contributed by atoms with E-state index < -0.39 is 0 Å². The van der Waals surface area contributed by atoms with Crippen LogP contribution in [-0.2, 0) is 11.2 Å². The zero-order valence-corrected chi connectivity index (χ0v) is 13.0. The quantitative estimate of drug-likeness (QED) is 0.771. The number of hydrogen-bond donors (Lipinski definition) is 0. The Balaban J connectivity index is 2.19. The lowest BCUT2D eigenvalue weighted by Crippen LogP contribution is -2.26. The van der Waals surface area contributed by atoms with E-state index in [1.165, 1.54) is 16.7 Å². The molecule has 21 heavy (non-hydrogen) atoms. The number of benzene rings is 1. The zero-order chi connectivity index (χ0) is 15.0. The summed E-state index contributed by atoms with van der Waals surface area (Å²) in [4.78, 5) is 12.2. The Kier molecular flexibility index (Phi) is 3.48. The second kappa shape index (κ2) is 5.18. The van der Waals surface area contributed by atoms with Crippen LogP contribution in [0.15, 0.2) is 35.9 Å². The third kappa shape index (κ3) is 2.14. The van der Waals surface area contributed by atoms with Gasteiger partial charge in [-0.3, -0.25) is 4.79 Å². The van der Waals surface area contributed by atoms with Crippen LogP contribution in [0, 0.1) is 5.41 Å². The van der Waals surface area contributed by atoms with E-state index in [4.69, 9.17) is 4.74 Å². The normalized spacial score (nSPS) is 24.4. The first-order chi connectivity index (χ1) is 10.1. The van der Waals surface area contributed by atoms with Crippen molar-refractivity contribution in [3.8, 4) is 5.75 Å².